The molecular weight excluding hydrogens is 540 g/mol. The fourth-order valence-electron chi connectivity index (χ4n) is 5.18. The molecule has 0 aliphatic carbocycles. The van der Waals surface area contributed by atoms with Gasteiger partial charge >= 0.3 is 5.97 Å². The van der Waals surface area contributed by atoms with Crippen LogP contribution in [0, 0.1) is 13.8 Å². The normalized spacial score (nSPS) is 15.7. The Hall–Kier alpha value is -4.26. The molecule has 0 radical (unpaired) electrons. The summed E-state index contributed by atoms with van der Waals surface area (Å²) in [5.41, 5.74) is 11.2. The first-order chi connectivity index (χ1) is 19.8. The second-order valence-corrected chi connectivity index (χ2v) is 10.8. The Labute approximate surface area is 243 Å². The predicted molar refractivity (Wildman–Crippen MR) is 157 cm³/mol. The molecule has 2 aliphatic rings. The van der Waals surface area contributed by atoms with Gasteiger partial charge in [0.15, 0.2) is 6.10 Å². The molecule has 4 heterocycles. The number of benzene rings is 1. The van der Waals surface area contributed by atoms with Crippen LogP contribution in [-0.4, -0.2) is 48.8 Å². The van der Waals surface area contributed by atoms with E-state index in [1.54, 1.807) is 24.5 Å². The molecule has 0 bridgehead atoms. The second kappa shape index (κ2) is 11.6. The van der Waals surface area contributed by atoms with E-state index in [1.165, 1.54) is 11.2 Å². The highest BCUT2D eigenvalue weighted by Crippen LogP contribution is 2.38. The average Bonchev–Trinajstić information content (AvgIpc) is 3.31. The van der Waals surface area contributed by atoms with Crippen LogP contribution in [0.25, 0.3) is 22.3 Å². The maximum absolute atomic E-state index is 13.4. The van der Waals surface area contributed by atoms with Gasteiger partial charge in [-0.05, 0) is 62.6 Å². The van der Waals surface area contributed by atoms with Crippen molar-refractivity contribution in [2.24, 2.45) is 11.6 Å². The Balaban J connectivity index is 0.00000198. The SMILES string of the molecule is CC.Cc1cc2nc3c(c(CN(N)/C=C(\N)C(C)(C)NC(=O)CO)c2cc1C)Cn1c-3cc2c(c1=O)COC(=O)C2O. The van der Waals surface area contributed by atoms with Crippen LogP contribution in [-0.2, 0) is 34.0 Å². The lowest BCUT2D eigenvalue weighted by molar-refractivity contribution is -0.157. The molecule has 7 N–H and O–H groups in total. The molecule has 1 atom stereocenters. The van der Waals surface area contributed by atoms with E-state index in [-0.39, 0.29) is 42.1 Å². The Morgan fingerprint density at radius 1 is 1.21 bits per heavy atom. The third-order valence-corrected chi connectivity index (χ3v) is 7.65. The molecule has 42 heavy (non-hydrogen) atoms. The largest absolute Gasteiger partial charge is 0.458 e. The van der Waals surface area contributed by atoms with Gasteiger partial charge in [0.05, 0.1) is 46.8 Å². The first-order valence-electron chi connectivity index (χ1n) is 13.8. The summed E-state index contributed by atoms with van der Waals surface area (Å²) in [7, 11) is 0. The monoisotopic (exact) mass is 578 g/mol. The standard InChI is InChI=1S/C28H32N6O6.C2H6/c1-13-5-15-17(8-33(30)10-22(29)28(3,4)32-23(36)11-35)18-9-34-21(24(18)31-20(15)6-14(13)2)7-16-19(26(34)38)12-40-27(39)25(16)37;1-2/h5-7,10,25,35,37H,8-9,11-12,29-30H2,1-4H3,(H,32,36);1-2H3/b22-10-;. The number of hydrazine groups is 1. The topological polar surface area (TPSA) is 186 Å². The molecule has 2 aromatic heterocycles. The van der Waals surface area contributed by atoms with Crippen LogP contribution in [0.4, 0.5) is 0 Å². The molecule has 5 rings (SSSR count). The fourth-order valence-corrected chi connectivity index (χ4v) is 5.18. The quantitative estimate of drug-likeness (QED) is 0.128. The smallest absolute Gasteiger partial charge is 0.340 e. The van der Waals surface area contributed by atoms with E-state index in [2.05, 4.69) is 5.32 Å². The number of amides is 1. The van der Waals surface area contributed by atoms with Crippen molar-refractivity contribution in [2.75, 3.05) is 6.61 Å². The number of rotatable bonds is 6. The van der Waals surface area contributed by atoms with E-state index in [9.17, 15) is 19.5 Å². The number of hydrogen-bond acceptors (Lipinski definition) is 10. The number of esters is 1. The number of aliphatic hydroxyl groups is 2. The van der Waals surface area contributed by atoms with Crippen LogP contribution < -0.4 is 22.5 Å². The van der Waals surface area contributed by atoms with Gasteiger partial charge in [-0.25, -0.2) is 15.6 Å². The number of aryl methyl sites for hydroxylation is 2. The van der Waals surface area contributed by atoms with Crippen molar-refractivity contribution in [2.45, 2.75) is 72.9 Å². The molecule has 0 spiro atoms. The van der Waals surface area contributed by atoms with E-state index in [0.717, 1.165) is 27.6 Å². The molecule has 12 nitrogen and oxygen atoms in total. The van der Waals surface area contributed by atoms with Crippen molar-refractivity contribution in [1.82, 2.24) is 19.9 Å². The van der Waals surface area contributed by atoms with Crippen LogP contribution in [0.5, 0.6) is 0 Å². The van der Waals surface area contributed by atoms with Gasteiger partial charge in [0, 0.05) is 22.7 Å². The number of carbonyl (C=O) groups is 2. The number of fused-ring (bicyclic) bond motifs is 5. The van der Waals surface area contributed by atoms with Gasteiger partial charge in [-0.1, -0.05) is 13.8 Å². The number of nitrogens with one attached hydrogen (secondary N) is 1. The summed E-state index contributed by atoms with van der Waals surface area (Å²) in [5, 5.41) is 24.5. The van der Waals surface area contributed by atoms with Crippen LogP contribution in [0.15, 0.2) is 34.9 Å². The maximum atomic E-state index is 13.4. The van der Waals surface area contributed by atoms with Crippen LogP contribution in [0.1, 0.15) is 67.2 Å². The van der Waals surface area contributed by atoms with Crippen molar-refractivity contribution >= 4 is 22.8 Å². The molecular formula is C30H38N6O6. The minimum Gasteiger partial charge on any atom is -0.458 e. The lowest BCUT2D eigenvalue weighted by Crippen LogP contribution is -2.49. The number of ether oxygens (including phenoxy) is 1. The third-order valence-electron chi connectivity index (χ3n) is 7.65. The van der Waals surface area contributed by atoms with Gasteiger partial charge in [0.1, 0.15) is 13.2 Å². The summed E-state index contributed by atoms with van der Waals surface area (Å²) in [6, 6.07) is 5.65. The lowest BCUT2D eigenvalue weighted by Gasteiger charge is -2.28. The second-order valence-electron chi connectivity index (χ2n) is 10.8. The predicted octanol–water partition coefficient (Wildman–Crippen LogP) is 1.52. The van der Waals surface area contributed by atoms with E-state index in [1.807, 2.05) is 39.8 Å². The summed E-state index contributed by atoms with van der Waals surface area (Å²) in [6.45, 7) is 10.9. The molecule has 0 fully saturated rings. The van der Waals surface area contributed by atoms with Crippen molar-refractivity contribution in [1.29, 1.82) is 0 Å². The highest BCUT2D eigenvalue weighted by Gasteiger charge is 2.35. The van der Waals surface area contributed by atoms with E-state index < -0.39 is 30.1 Å². The summed E-state index contributed by atoms with van der Waals surface area (Å²) in [4.78, 5) is 42.1. The number of pyridine rings is 2. The van der Waals surface area contributed by atoms with Crippen molar-refractivity contribution in [3.63, 3.8) is 0 Å². The van der Waals surface area contributed by atoms with Gasteiger partial charge in [-0.2, -0.15) is 0 Å². The van der Waals surface area contributed by atoms with Crippen LogP contribution in [0.3, 0.4) is 0 Å². The van der Waals surface area contributed by atoms with Gasteiger partial charge in [-0.15, -0.1) is 0 Å². The Morgan fingerprint density at radius 2 is 1.88 bits per heavy atom. The first kappa shape index (κ1) is 30.7. The van der Waals surface area contributed by atoms with E-state index >= 15 is 0 Å². The average molecular weight is 579 g/mol. The number of nitrogens with two attached hydrogens (primary N) is 2. The summed E-state index contributed by atoms with van der Waals surface area (Å²) in [5.74, 6) is 5.06. The zero-order chi connectivity index (χ0) is 31.1. The highest BCUT2D eigenvalue weighted by molar-refractivity contribution is 5.89. The number of cyclic esters (lactones) is 1. The van der Waals surface area contributed by atoms with Crippen molar-refractivity contribution in [3.8, 4) is 11.4 Å². The third kappa shape index (κ3) is 5.36. The number of hydrogen-bond donors (Lipinski definition) is 5. The minimum atomic E-state index is -1.54. The number of nitrogens with zero attached hydrogens (tertiary/aromatic N) is 3. The van der Waals surface area contributed by atoms with Gasteiger partial charge < -0.3 is 35.6 Å². The zero-order valence-electron chi connectivity index (χ0n) is 24.7. The number of aromatic nitrogens is 2. The van der Waals surface area contributed by atoms with E-state index in [0.29, 0.717) is 16.9 Å². The van der Waals surface area contributed by atoms with Gasteiger partial charge in [0.25, 0.3) is 5.56 Å². The molecule has 0 saturated heterocycles. The fraction of sp³-hybridized carbons (Fsp3) is 0.400. The molecule has 12 heteroatoms. The van der Waals surface area contributed by atoms with Gasteiger partial charge in [0.2, 0.25) is 5.91 Å². The summed E-state index contributed by atoms with van der Waals surface area (Å²) in [6.07, 6.45) is -0.0255. The van der Waals surface area contributed by atoms with Crippen molar-refractivity contribution < 1.29 is 24.5 Å². The first-order valence-corrected chi connectivity index (χ1v) is 13.8. The number of carbonyl (C=O) groups excluding carboxylic acids is 2. The minimum absolute atomic E-state index is 0.196. The highest BCUT2D eigenvalue weighted by atomic mass is 16.5. The Bertz CT molecular complexity index is 1680. The molecule has 0 saturated carbocycles. The zero-order valence-corrected chi connectivity index (χ0v) is 24.7. The number of aliphatic hydroxyl groups excluding tert-OH is 2. The Morgan fingerprint density at radius 3 is 2.55 bits per heavy atom. The van der Waals surface area contributed by atoms with E-state index in [4.69, 9.17) is 26.4 Å². The molecule has 1 aromatic carbocycles. The molecule has 2 aliphatic heterocycles. The summed E-state index contributed by atoms with van der Waals surface area (Å²) < 4.78 is 6.57. The van der Waals surface area contributed by atoms with Crippen LogP contribution in [0.2, 0.25) is 0 Å². The van der Waals surface area contributed by atoms with Crippen molar-refractivity contribution in [3.05, 3.63) is 73.8 Å². The van der Waals surface area contributed by atoms with Gasteiger partial charge in [-0.3, -0.25) is 9.59 Å². The molecule has 3 aromatic rings. The molecule has 1 unspecified atom stereocenters. The van der Waals surface area contributed by atoms with Crippen LogP contribution >= 0.6 is 0 Å². The maximum Gasteiger partial charge on any atom is 0.340 e. The Kier molecular flexibility index (Phi) is 8.44. The molecule has 1 amide bonds. The summed E-state index contributed by atoms with van der Waals surface area (Å²) >= 11 is 0. The molecule has 224 valence electrons. The lowest BCUT2D eigenvalue weighted by atomic mass is 9.96.